The largest absolute Gasteiger partial charge is 0.368 e. The summed E-state index contributed by atoms with van der Waals surface area (Å²) in [6.07, 6.45) is 1.81. The number of anilines is 2. The van der Waals surface area contributed by atoms with E-state index < -0.39 is 0 Å². The first-order valence-corrected chi connectivity index (χ1v) is 8.42. The number of benzene rings is 1. The standard InChI is InChI=1S/C17H19BrN4O.ClH/c1-12-2-3-13(10-15(12)18)17(23)21-16-5-4-14(11-20-16)22-8-6-19-7-9-22;/h2-5,10-11,19H,6-9H2,1H3,(H,20,21,23);1H. The summed E-state index contributed by atoms with van der Waals surface area (Å²) in [4.78, 5) is 18.9. The van der Waals surface area contributed by atoms with Crippen LogP contribution in [0.2, 0.25) is 0 Å². The number of nitrogens with zero attached hydrogens (tertiary/aromatic N) is 2. The van der Waals surface area contributed by atoms with E-state index in [9.17, 15) is 4.79 Å². The van der Waals surface area contributed by atoms with Gasteiger partial charge in [0.1, 0.15) is 5.82 Å². The van der Waals surface area contributed by atoms with E-state index in [1.807, 2.05) is 43.5 Å². The normalized spacial score (nSPS) is 14.0. The predicted molar refractivity (Wildman–Crippen MR) is 103 cm³/mol. The van der Waals surface area contributed by atoms with Crippen LogP contribution in [0.3, 0.4) is 0 Å². The Morgan fingerprint density at radius 2 is 2.00 bits per heavy atom. The first kappa shape index (κ1) is 18.7. The van der Waals surface area contributed by atoms with Crippen molar-refractivity contribution in [2.45, 2.75) is 6.92 Å². The molecule has 0 unspecified atom stereocenters. The van der Waals surface area contributed by atoms with Crippen molar-refractivity contribution in [3.8, 4) is 0 Å². The molecule has 1 aliphatic heterocycles. The highest BCUT2D eigenvalue weighted by atomic mass is 79.9. The Hall–Kier alpha value is -1.63. The number of carbonyl (C=O) groups is 1. The molecule has 0 spiro atoms. The second kappa shape index (κ2) is 8.46. The number of halogens is 2. The van der Waals surface area contributed by atoms with Gasteiger partial charge in [-0.1, -0.05) is 22.0 Å². The summed E-state index contributed by atoms with van der Waals surface area (Å²) >= 11 is 3.45. The lowest BCUT2D eigenvalue weighted by Crippen LogP contribution is -2.43. The fraction of sp³-hybridized carbons (Fsp3) is 0.294. The molecular formula is C17H20BrClN4O. The van der Waals surface area contributed by atoms with Crippen molar-refractivity contribution in [2.24, 2.45) is 0 Å². The number of pyridine rings is 1. The molecule has 0 bridgehead atoms. The van der Waals surface area contributed by atoms with Crippen molar-refractivity contribution in [3.05, 3.63) is 52.1 Å². The van der Waals surface area contributed by atoms with E-state index in [2.05, 4.69) is 36.4 Å². The topological polar surface area (TPSA) is 57.3 Å². The molecular weight excluding hydrogens is 392 g/mol. The average molecular weight is 412 g/mol. The van der Waals surface area contributed by atoms with E-state index in [-0.39, 0.29) is 18.3 Å². The Kier molecular flexibility index (Phi) is 6.60. The molecule has 1 aromatic heterocycles. The third kappa shape index (κ3) is 4.47. The van der Waals surface area contributed by atoms with Crippen LogP contribution in [0.25, 0.3) is 0 Å². The van der Waals surface area contributed by atoms with Crippen LogP contribution >= 0.6 is 28.3 Å². The van der Waals surface area contributed by atoms with E-state index in [0.29, 0.717) is 11.4 Å². The maximum absolute atomic E-state index is 12.3. The molecule has 1 aliphatic rings. The number of hydrogen-bond donors (Lipinski definition) is 2. The van der Waals surface area contributed by atoms with Crippen molar-refractivity contribution in [2.75, 3.05) is 36.4 Å². The molecule has 7 heteroatoms. The summed E-state index contributed by atoms with van der Waals surface area (Å²) in [6.45, 7) is 5.92. The monoisotopic (exact) mass is 410 g/mol. The molecule has 0 aliphatic carbocycles. The number of aryl methyl sites for hydroxylation is 1. The van der Waals surface area contributed by atoms with Crippen molar-refractivity contribution < 1.29 is 4.79 Å². The van der Waals surface area contributed by atoms with Crippen LogP contribution in [0.15, 0.2) is 41.0 Å². The van der Waals surface area contributed by atoms with Gasteiger partial charge in [-0.2, -0.15) is 0 Å². The summed E-state index contributed by atoms with van der Waals surface area (Å²) < 4.78 is 0.923. The van der Waals surface area contributed by atoms with Gasteiger partial charge >= 0.3 is 0 Å². The molecule has 2 N–H and O–H groups in total. The van der Waals surface area contributed by atoms with Crippen LogP contribution in [0, 0.1) is 6.92 Å². The van der Waals surface area contributed by atoms with Gasteiger partial charge in [0.2, 0.25) is 0 Å². The van der Waals surface area contributed by atoms with Gasteiger partial charge in [-0.25, -0.2) is 4.98 Å². The Labute approximate surface area is 156 Å². The van der Waals surface area contributed by atoms with Crippen LogP contribution in [0.5, 0.6) is 0 Å². The van der Waals surface area contributed by atoms with Gasteiger partial charge in [-0.3, -0.25) is 4.79 Å². The van der Waals surface area contributed by atoms with E-state index in [1.54, 1.807) is 0 Å². The first-order valence-electron chi connectivity index (χ1n) is 7.63. The van der Waals surface area contributed by atoms with Crippen LogP contribution in [0.4, 0.5) is 11.5 Å². The van der Waals surface area contributed by atoms with Crippen molar-refractivity contribution in [1.82, 2.24) is 10.3 Å². The second-order valence-electron chi connectivity index (χ2n) is 5.56. The van der Waals surface area contributed by atoms with Crippen LogP contribution in [-0.2, 0) is 0 Å². The van der Waals surface area contributed by atoms with Gasteiger partial charge in [-0.05, 0) is 36.8 Å². The second-order valence-corrected chi connectivity index (χ2v) is 6.41. The number of hydrogen-bond acceptors (Lipinski definition) is 4. The van der Waals surface area contributed by atoms with E-state index in [4.69, 9.17) is 0 Å². The van der Waals surface area contributed by atoms with E-state index in [1.165, 1.54) is 0 Å². The van der Waals surface area contributed by atoms with Gasteiger partial charge < -0.3 is 15.5 Å². The highest BCUT2D eigenvalue weighted by Crippen LogP contribution is 2.19. The Balaban J connectivity index is 0.00000208. The minimum Gasteiger partial charge on any atom is -0.368 e. The van der Waals surface area contributed by atoms with Crippen molar-refractivity contribution in [1.29, 1.82) is 0 Å². The molecule has 2 heterocycles. The number of nitrogens with one attached hydrogen (secondary N) is 2. The molecule has 1 amide bonds. The Morgan fingerprint density at radius 3 is 2.62 bits per heavy atom. The highest BCUT2D eigenvalue weighted by Gasteiger charge is 2.12. The number of rotatable bonds is 3. The van der Waals surface area contributed by atoms with Gasteiger partial charge in [-0.15, -0.1) is 12.4 Å². The highest BCUT2D eigenvalue weighted by molar-refractivity contribution is 9.10. The van der Waals surface area contributed by atoms with E-state index in [0.717, 1.165) is 41.9 Å². The van der Waals surface area contributed by atoms with E-state index >= 15 is 0 Å². The first-order chi connectivity index (χ1) is 11.1. The summed E-state index contributed by atoms with van der Waals surface area (Å²) in [5, 5.41) is 6.16. The Bertz CT molecular complexity index is 702. The maximum Gasteiger partial charge on any atom is 0.256 e. The lowest BCUT2D eigenvalue weighted by atomic mass is 10.1. The van der Waals surface area contributed by atoms with Gasteiger partial charge in [0.15, 0.2) is 0 Å². The van der Waals surface area contributed by atoms with Gasteiger partial charge in [0.05, 0.1) is 11.9 Å². The zero-order valence-corrected chi connectivity index (χ0v) is 15.8. The molecule has 0 saturated carbocycles. The third-order valence-electron chi connectivity index (χ3n) is 3.91. The molecule has 1 fully saturated rings. The van der Waals surface area contributed by atoms with Crippen LogP contribution in [0.1, 0.15) is 15.9 Å². The molecule has 5 nitrogen and oxygen atoms in total. The molecule has 0 radical (unpaired) electrons. The molecule has 2 aromatic rings. The zero-order valence-electron chi connectivity index (χ0n) is 13.4. The van der Waals surface area contributed by atoms with Crippen molar-refractivity contribution in [3.63, 3.8) is 0 Å². The predicted octanol–water partition coefficient (Wildman–Crippen LogP) is 3.24. The maximum atomic E-state index is 12.3. The average Bonchev–Trinajstić information content (AvgIpc) is 2.59. The Morgan fingerprint density at radius 1 is 1.25 bits per heavy atom. The molecule has 1 saturated heterocycles. The lowest BCUT2D eigenvalue weighted by molar-refractivity contribution is 0.102. The number of carbonyl (C=O) groups excluding carboxylic acids is 1. The van der Waals surface area contributed by atoms with Crippen LogP contribution < -0.4 is 15.5 Å². The summed E-state index contributed by atoms with van der Waals surface area (Å²) in [5.74, 6) is 0.402. The van der Waals surface area contributed by atoms with Crippen molar-refractivity contribution >= 4 is 45.7 Å². The molecule has 0 atom stereocenters. The fourth-order valence-corrected chi connectivity index (χ4v) is 2.87. The quantitative estimate of drug-likeness (QED) is 0.814. The molecule has 3 rings (SSSR count). The number of amides is 1. The SMILES string of the molecule is Cc1ccc(C(=O)Nc2ccc(N3CCNCC3)cn2)cc1Br.Cl. The summed E-state index contributed by atoms with van der Waals surface area (Å²) in [6, 6.07) is 9.39. The zero-order chi connectivity index (χ0) is 16.2. The summed E-state index contributed by atoms with van der Waals surface area (Å²) in [7, 11) is 0. The molecule has 1 aromatic carbocycles. The fourth-order valence-electron chi connectivity index (χ4n) is 2.49. The summed E-state index contributed by atoms with van der Waals surface area (Å²) in [5.41, 5.74) is 2.79. The molecule has 128 valence electrons. The van der Waals surface area contributed by atoms with Gasteiger partial charge in [0.25, 0.3) is 5.91 Å². The minimum atomic E-state index is -0.159. The molecule has 24 heavy (non-hydrogen) atoms. The lowest BCUT2D eigenvalue weighted by Gasteiger charge is -2.29. The smallest absolute Gasteiger partial charge is 0.256 e. The number of piperazine rings is 1. The van der Waals surface area contributed by atoms with Crippen LogP contribution in [-0.4, -0.2) is 37.1 Å². The third-order valence-corrected chi connectivity index (χ3v) is 4.76. The van der Waals surface area contributed by atoms with Gasteiger partial charge in [0, 0.05) is 36.2 Å². The minimum absolute atomic E-state index is 0. The number of aromatic nitrogens is 1.